The Kier molecular flexibility index (Phi) is 4.07. The third-order valence-electron chi connectivity index (χ3n) is 2.83. The molecular formula is C13H18O3. The van der Waals surface area contributed by atoms with E-state index in [1.54, 1.807) is 6.92 Å². The van der Waals surface area contributed by atoms with E-state index in [4.69, 9.17) is 4.74 Å². The maximum atomic E-state index is 11.6. The Hall–Kier alpha value is -1.35. The maximum absolute atomic E-state index is 11.6. The minimum atomic E-state index is -1.49. The third kappa shape index (κ3) is 2.61. The van der Waals surface area contributed by atoms with Crippen molar-refractivity contribution in [3.63, 3.8) is 0 Å². The molecule has 0 heterocycles. The monoisotopic (exact) mass is 222 g/mol. The molecule has 0 spiro atoms. The molecule has 0 fully saturated rings. The number of esters is 1. The fraction of sp³-hybridized carbons (Fsp3) is 0.462. The second kappa shape index (κ2) is 5.12. The van der Waals surface area contributed by atoms with Gasteiger partial charge >= 0.3 is 5.97 Å². The molecule has 0 aromatic heterocycles. The van der Waals surface area contributed by atoms with E-state index < -0.39 is 11.6 Å². The van der Waals surface area contributed by atoms with E-state index in [1.807, 2.05) is 37.3 Å². The van der Waals surface area contributed by atoms with Gasteiger partial charge in [-0.15, -0.1) is 0 Å². The van der Waals surface area contributed by atoms with Crippen molar-refractivity contribution in [2.45, 2.75) is 32.3 Å². The Morgan fingerprint density at radius 2 is 2.00 bits per heavy atom. The van der Waals surface area contributed by atoms with Crippen LogP contribution < -0.4 is 0 Å². The van der Waals surface area contributed by atoms with Crippen LogP contribution in [0, 0.1) is 0 Å². The van der Waals surface area contributed by atoms with Gasteiger partial charge in [-0.25, -0.2) is 4.79 Å². The van der Waals surface area contributed by atoms with Gasteiger partial charge < -0.3 is 9.84 Å². The average Bonchev–Trinajstić information content (AvgIpc) is 2.29. The zero-order valence-electron chi connectivity index (χ0n) is 9.93. The Balaban J connectivity index is 2.87. The number of rotatable bonds is 4. The Labute approximate surface area is 96.1 Å². The first-order valence-electron chi connectivity index (χ1n) is 5.44. The molecule has 0 amide bonds. The Morgan fingerprint density at radius 3 is 2.50 bits per heavy atom. The minimum absolute atomic E-state index is 0.274. The van der Waals surface area contributed by atoms with Crippen molar-refractivity contribution in [2.75, 3.05) is 6.61 Å². The van der Waals surface area contributed by atoms with Gasteiger partial charge in [-0.3, -0.25) is 0 Å². The second-order valence-electron chi connectivity index (χ2n) is 4.00. The van der Waals surface area contributed by atoms with Crippen LogP contribution in [0.25, 0.3) is 0 Å². The standard InChI is InChI=1S/C13H18O3/c1-4-16-12(14)13(3,15)10(2)11-8-6-5-7-9-11/h5-10,15H,4H2,1-3H3. The van der Waals surface area contributed by atoms with Crippen molar-refractivity contribution in [3.05, 3.63) is 35.9 Å². The lowest BCUT2D eigenvalue weighted by molar-refractivity contribution is -0.165. The average molecular weight is 222 g/mol. The molecular weight excluding hydrogens is 204 g/mol. The number of aliphatic hydroxyl groups is 1. The summed E-state index contributed by atoms with van der Waals surface area (Å²) in [5.41, 5.74) is -0.572. The molecule has 0 bridgehead atoms. The van der Waals surface area contributed by atoms with Crippen LogP contribution >= 0.6 is 0 Å². The number of carbonyl (C=O) groups excluding carboxylic acids is 1. The highest BCUT2D eigenvalue weighted by Crippen LogP contribution is 2.28. The fourth-order valence-corrected chi connectivity index (χ4v) is 1.52. The van der Waals surface area contributed by atoms with Crippen LogP contribution in [0.4, 0.5) is 0 Å². The lowest BCUT2D eigenvalue weighted by Crippen LogP contribution is -2.41. The molecule has 2 atom stereocenters. The summed E-state index contributed by atoms with van der Waals surface area (Å²) in [6, 6.07) is 9.44. The summed E-state index contributed by atoms with van der Waals surface area (Å²) < 4.78 is 4.86. The van der Waals surface area contributed by atoms with Crippen LogP contribution in [-0.2, 0) is 9.53 Å². The number of carbonyl (C=O) groups is 1. The van der Waals surface area contributed by atoms with Crippen molar-refractivity contribution < 1.29 is 14.6 Å². The van der Waals surface area contributed by atoms with Crippen LogP contribution in [0.5, 0.6) is 0 Å². The summed E-state index contributed by atoms with van der Waals surface area (Å²) >= 11 is 0. The summed E-state index contributed by atoms with van der Waals surface area (Å²) in [7, 11) is 0. The van der Waals surface area contributed by atoms with Gasteiger partial charge in [-0.1, -0.05) is 37.3 Å². The van der Waals surface area contributed by atoms with E-state index in [1.165, 1.54) is 6.92 Å². The topological polar surface area (TPSA) is 46.5 Å². The fourth-order valence-electron chi connectivity index (χ4n) is 1.52. The van der Waals surface area contributed by atoms with Gasteiger partial charge in [0, 0.05) is 5.92 Å². The highest BCUT2D eigenvalue weighted by molar-refractivity contribution is 5.80. The predicted molar refractivity (Wildman–Crippen MR) is 62.1 cm³/mol. The summed E-state index contributed by atoms with van der Waals surface area (Å²) in [6.07, 6.45) is 0. The molecule has 3 nitrogen and oxygen atoms in total. The van der Waals surface area contributed by atoms with Crippen molar-refractivity contribution in [2.24, 2.45) is 0 Å². The smallest absolute Gasteiger partial charge is 0.338 e. The summed E-state index contributed by atoms with van der Waals surface area (Å²) in [6.45, 7) is 5.30. The quantitative estimate of drug-likeness (QED) is 0.794. The molecule has 0 aliphatic carbocycles. The molecule has 0 saturated carbocycles. The van der Waals surface area contributed by atoms with Gasteiger partial charge in [0.05, 0.1) is 6.61 Å². The molecule has 0 aliphatic heterocycles. The summed E-state index contributed by atoms with van der Waals surface area (Å²) in [4.78, 5) is 11.6. The van der Waals surface area contributed by atoms with E-state index >= 15 is 0 Å². The number of hydrogen-bond donors (Lipinski definition) is 1. The lowest BCUT2D eigenvalue weighted by Gasteiger charge is -2.28. The van der Waals surface area contributed by atoms with E-state index in [-0.39, 0.29) is 12.5 Å². The highest BCUT2D eigenvalue weighted by atomic mass is 16.5. The molecule has 88 valence electrons. The SMILES string of the molecule is CCOC(=O)C(C)(O)C(C)c1ccccc1. The van der Waals surface area contributed by atoms with Crippen LogP contribution in [0.1, 0.15) is 32.3 Å². The summed E-state index contributed by atoms with van der Waals surface area (Å²) in [5, 5.41) is 10.2. The van der Waals surface area contributed by atoms with E-state index in [0.717, 1.165) is 5.56 Å². The molecule has 2 unspecified atom stereocenters. The lowest BCUT2D eigenvalue weighted by atomic mass is 9.85. The molecule has 0 radical (unpaired) electrons. The van der Waals surface area contributed by atoms with Crippen molar-refractivity contribution in [1.82, 2.24) is 0 Å². The third-order valence-corrected chi connectivity index (χ3v) is 2.83. The van der Waals surface area contributed by atoms with Crippen LogP contribution in [-0.4, -0.2) is 23.3 Å². The molecule has 16 heavy (non-hydrogen) atoms. The van der Waals surface area contributed by atoms with Gasteiger partial charge in [-0.2, -0.15) is 0 Å². The van der Waals surface area contributed by atoms with Crippen LogP contribution in [0.15, 0.2) is 30.3 Å². The van der Waals surface area contributed by atoms with Crippen molar-refractivity contribution >= 4 is 5.97 Å². The minimum Gasteiger partial charge on any atom is -0.464 e. The van der Waals surface area contributed by atoms with Gasteiger partial charge in [0.25, 0.3) is 0 Å². The number of benzene rings is 1. The Bertz CT molecular complexity index is 343. The van der Waals surface area contributed by atoms with Gasteiger partial charge in [-0.05, 0) is 19.4 Å². The van der Waals surface area contributed by atoms with Crippen LogP contribution in [0.2, 0.25) is 0 Å². The molecule has 0 aliphatic rings. The largest absolute Gasteiger partial charge is 0.464 e. The molecule has 1 aromatic rings. The molecule has 1 N–H and O–H groups in total. The highest BCUT2D eigenvalue weighted by Gasteiger charge is 2.38. The molecule has 3 heteroatoms. The van der Waals surface area contributed by atoms with E-state index in [2.05, 4.69) is 0 Å². The predicted octanol–water partition coefficient (Wildman–Crippen LogP) is 2.10. The van der Waals surface area contributed by atoms with Gasteiger partial charge in [0.2, 0.25) is 0 Å². The normalized spacial score (nSPS) is 16.2. The first kappa shape index (κ1) is 12.7. The van der Waals surface area contributed by atoms with E-state index in [0.29, 0.717) is 0 Å². The molecule has 1 rings (SSSR count). The molecule has 1 aromatic carbocycles. The van der Waals surface area contributed by atoms with Crippen molar-refractivity contribution in [1.29, 1.82) is 0 Å². The zero-order valence-corrected chi connectivity index (χ0v) is 9.93. The number of ether oxygens (including phenoxy) is 1. The first-order valence-corrected chi connectivity index (χ1v) is 5.44. The molecule has 0 saturated heterocycles. The summed E-state index contributed by atoms with van der Waals surface area (Å²) in [5.74, 6) is -0.876. The van der Waals surface area contributed by atoms with E-state index in [9.17, 15) is 9.90 Å². The van der Waals surface area contributed by atoms with Crippen LogP contribution in [0.3, 0.4) is 0 Å². The van der Waals surface area contributed by atoms with Crippen molar-refractivity contribution in [3.8, 4) is 0 Å². The number of hydrogen-bond acceptors (Lipinski definition) is 3. The maximum Gasteiger partial charge on any atom is 0.338 e. The Morgan fingerprint density at radius 1 is 1.44 bits per heavy atom. The first-order chi connectivity index (χ1) is 7.50. The second-order valence-corrected chi connectivity index (χ2v) is 4.00. The van der Waals surface area contributed by atoms with Gasteiger partial charge in [0.1, 0.15) is 0 Å². The zero-order chi connectivity index (χ0) is 12.2. The van der Waals surface area contributed by atoms with Gasteiger partial charge in [0.15, 0.2) is 5.60 Å².